The lowest BCUT2D eigenvalue weighted by Crippen LogP contribution is -2.64. The largest absolute Gasteiger partial charge is 0.435 e. The van der Waals surface area contributed by atoms with Crippen molar-refractivity contribution in [1.29, 1.82) is 0 Å². The zero-order chi connectivity index (χ0) is 16.9. The third kappa shape index (κ3) is 2.20. The van der Waals surface area contributed by atoms with Crippen LogP contribution >= 0.6 is 0 Å². The summed E-state index contributed by atoms with van der Waals surface area (Å²) in [6.07, 6.45) is 0.265. The zero-order valence-corrected chi connectivity index (χ0v) is 13.8. The molecule has 0 aromatic carbocycles. The van der Waals surface area contributed by atoms with Crippen molar-refractivity contribution < 1.29 is 38.0 Å². The van der Waals surface area contributed by atoms with Crippen molar-refractivity contribution in [2.45, 2.75) is 70.1 Å². The number of hydrogen-bond donors (Lipinski definition) is 0. The average Bonchev–Trinajstić information content (AvgIpc) is 2.91. The molecule has 4 fully saturated rings. The number of carbonyl (C=O) groups excluding carboxylic acids is 2. The molecule has 3 aliphatic heterocycles. The fraction of sp³-hybridized carbons (Fsp3) is 0.875. The van der Waals surface area contributed by atoms with Crippen LogP contribution in [0.15, 0.2) is 0 Å². The number of rotatable bonds is 2. The topological polar surface area (TPSA) is 89.5 Å². The Morgan fingerprint density at radius 2 is 1.79 bits per heavy atom. The molecule has 1 saturated carbocycles. The van der Waals surface area contributed by atoms with Gasteiger partial charge >= 0.3 is 11.9 Å². The van der Waals surface area contributed by atoms with Crippen LogP contribution in [0.3, 0.4) is 0 Å². The van der Waals surface area contributed by atoms with Crippen molar-refractivity contribution in [3.8, 4) is 0 Å². The smallest absolute Gasteiger partial charge is 0.305 e. The second-order valence-corrected chi connectivity index (χ2v) is 6.87. The average molecular weight is 342 g/mol. The van der Waals surface area contributed by atoms with Gasteiger partial charge in [-0.1, -0.05) is 0 Å². The maximum absolute atomic E-state index is 11.6. The van der Waals surface area contributed by atoms with Crippen LogP contribution in [0.4, 0.5) is 0 Å². The van der Waals surface area contributed by atoms with Gasteiger partial charge in [-0.05, 0) is 19.3 Å². The summed E-state index contributed by atoms with van der Waals surface area (Å²) >= 11 is 0. The predicted octanol–water partition coefficient (Wildman–Crippen LogP) is 0.866. The Morgan fingerprint density at radius 3 is 2.54 bits per heavy atom. The van der Waals surface area contributed by atoms with E-state index in [9.17, 15) is 9.59 Å². The molecule has 3 saturated heterocycles. The van der Waals surface area contributed by atoms with Crippen LogP contribution < -0.4 is 0 Å². The SMILES string of the molecule is CC(=O)O[C@@H]1O[C@H]2C[C@]34CCC[C@@]3(O2)[C@H]1OCCO[C@H]4OC(C)=O. The van der Waals surface area contributed by atoms with Crippen LogP contribution in [0.2, 0.25) is 0 Å². The molecule has 6 atom stereocenters. The molecule has 0 unspecified atom stereocenters. The monoisotopic (exact) mass is 342 g/mol. The molecule has 24 heavy (non-hydrogen) atoms. The van der Waals surface area contributed by atoms with Gasteiger partial charge in [0.05, 0.1) is 18.6 Å². The molecule has 4 aliphatic rings. The van der Waals surface area contributed by atoms with E-state index in [4.69, 9.17) is 28.4 Å². The first-order valence-corrected chi connectivity index (χ1v) is 8.38. The molecule has 3 heterocycles. The van der Waals surface area contributed by atoms with Crippen molar-refractivity contribution in [3.05, 3.63) is 0 Å². The Kier molecular flexibility index (Phi) is 3.83. The summed E-state index contributed by atoms with van der Waals surface area (Å²) in [5, 5.41) is 0. The van der Waals surface area contributed by atoms with Gasteiger partial charge in [0, 0.05) is 20.3 Å². The van der Waals surface area contributed by atoms with Gasteiger partial charge < -0.3 is 28.4 Å². The Labute approximate surface area is 139 Å². The minimum Gasteiger partial charge on any atom is -0.435 e. The molecule has 134 valence electrons. The van der Waals surface area contributed by atoms with Gasteiger partial charge in [-0.3, -0.25) is 9.59 Å². The maximum Gasteiger partial charge on any atom is 0.305 e. The quantitative estimate of drug-likeness (QED) is 0.683. The molecule has 8 heteroatoms. The number of esters is 2. The second kappa shape index (κ2) is 5.66. The van der Waals surface area contributed by atoms with Gasteiger partial charge in [-0.15, -0.1) is 0 Å². The van der Waals surface area contributed by atoms with E-state index >= 15 is 0 Å². The highest BCUT2D eigenvalue weighted by Gasteiger charge is 2.75. The summed E-state index contributed by atoms with van der Waals surface area (Å²) < 4.78 is 34.7. The van der Waals surface area contributed by atoms with Crippen molar-refractivity contribution in [2.75, 3.05) is 13.2 Å². The number of carbonyl (C=O) groups is 2. The van der Waals surface area contributed by atoms with E-state index in [-0.39, 0.29) is 13.2 Å². The molecule has 0 radical (unpaired) electrons. The number of hydrogen-bond acceptors (Lipinski definition) is 8. The highest BCUT2D eigenvalue weighted by atomic mass is 16.8. The fourth-order valence-corrected chi connectivity index (χ4v) is 4.83. The van der Waals surface area contributed by atoms with Crippen LogP contribution in [0.5, 0.6) is 0 Å². The second-order valence-electron chi connectivity index (χ2n) is 6.87. The molecule has 1 aliphatic carbocycles. The summed E-state index contributed by atoms with van der Waals surface area (Å²) in [4.78, 5) is 23.1. The normalized spacial score (nSPS) is 46.6. The van der Waals surface area contributed by atoms with Crippen LogP contribution in [-0.4, -0.2) is 55.7 Å². The van der Waals surface area contributed by atoms with Crippen LogP contribution in [0, 0.1) is 5.41 Å². The first kappa shape index (κ1) is 16.3. The van der Waals surface area contributed by atoms with Crippen molar-refractivity contribution >= 4 is 11.9 Å². The van der Waals surface area contributed by atoms with Crippen LogP contribution in [0.1, 0.15) is 39.5 Å². The van der Waals surface area contributed by atoms with E-state index in [0.29, 0.717) is 6.42 Å². The Hall–Kier alpha value is -1.22. The van der Waals surface area contributed by atoms with Crippen molar-refractivity contribution in [3.63, 3.8) is 0 Å². The molecule has 4 rings (SSSR count). The molecule has 2 bridgehead atoms. The predicted molar refractivity (Wildman–Crippen MR) is 76.4 cm³/mol. The summed E-state index contributed by atoms with van der Waals surface area (Å²) in [6, 6.07) is 0. The summed E-state index contributed by atoms with van der Waals surface area (Å²) in [5.41, 5.74) is -1.29. The van der Waals surface area contributed by atoms with Crippen LogP contribution in [-0.2, 0) is 38.0 Å². The van der Waals surface area contributed by atoms with Gasteiger partial charge in [0.2, 0.25) is 12.6 Å². The zero-order valence-electron chi connectivity index (χ0n) is 13.8. The third-order valence-corrected chi connectivity index (χ3v) is 5.54. The lowest BCUT2D eigenvalue weighted by atomic mass is 9.70. The molecular formula is C16H22O8. The maximum atomic E-state index is 11.6. The standard InChI is InChI=1S/C16H22O8/c1-9(17)21-13-12-16-5-3-4-15(16,8-11(23-13)24-16)14(22-10(2)18)20-7-6-19-12/h11-14H,3-8H2,1-2H3/t11-,12+,13-,14+,15+,16-/m1/s1. The van der Waals surface area contributed by atoms with Crippen LogP contribution in [0.25, 0.3) is 0 Å². The van der Waals surface area contributed by atoms with E-state index in [1.54, 1.807) is 0 Å². The Balaban J connectivity index is 1.75. The third-order valence-electron chi connectivity index (χ3n) is 5.54. The summed E-state index contributed by atoms with van der Waals surface area (Å²) in [6.45, 7) is 3.27. The van der Waals surface area contributed by atoms with E-state index in [1.165, 1.54) is 13.8 Å². The first-order valence-electron chi connectivity index (χ1n) is 8.38. The summed E-state index contributed by atoms with van der Waals surface area (Å²) in [5.74, 6) is -0.826. The number of ether oxygens (including phenoxy) is 6. The van der Waals surface area contributed by atoms with Gasteiger partial charge in [0.15, 0.2) is 6.29 Å². The Bertz CT molecular complexity index is 550. The van der Waals surface area contributed by atoms with E-state index in [1.807, 2.05) is 0 Å². The first-order chi connectivity index (χ1) is 11.5. The molecular weight excluding hydrogens is 320 g/mol. The van der Waals surface area contributed by atoms with Gasteiger partial charge in [0.1, 0.15) is 11.7 Å². The van der Waals surface area contributed by atoms with Crippen molar-refractivity contribution in [1.82, 2.24) is 0 Å². The highest BCUT2D eigenvalue weighted by molar-refractivity contribution is 5.66. The molecule has 0 N–H and O–H groups in total. The number of fused-ring (bicyclic) bond motifs is 1. The van der Waals surface area contributed by atoms with E-state index in [0.717, 1.165) is 19.3 Å². The van der Waals surface area contributed by atoms with Gasteiger partial charge in [-0.25, -0.2) is 0 Å². The molecule has 8 nitrogen and oxygen atoms in total. The molecule has 0 amide bonds. The van der Waals surface area contributed by atoms with E-state index in [2.05, 4.69) is 0 Å². The van der Waals surface area contributed by atoms with Gasteiger partial charge in [0.25, 0.3) is 0 Å². The molecule has 1 spiro atoms. The highest BCUT2D eigenvalue weighted by Crippen LogP contribution is 2.65. The molecule has 0 aromatic rings. The molecule has 0 aromatic heterocycles. The summed E-state index contributed by atoms with van der Waals surface area (Å²) in [7, 11) is 0. The minimum atomic E-state index is -0.822. The van der Waals surface area contributed by atoms with Gasteiger partial charge in [-0.2, -0.15) is 0 Å². The van der Waals surface area contributed by atoms with Crippen molar-refractivity contribution in [2.24, 2.45) is 5.41 Å². The van der Waals surface area contributed by atoms with E-state index < -0.39 is 47.9 Å². The fourth-order valence-electron chi connectivity index (χ4n) is 4.83. The lowest BCUT2D eigenvalue weighted by molar-refractivity contribution is -0.368. The Morgan fingerprint density at radius 1 is 1.04 bits per heavy atom. The lowest BCUT2D eigenvalue weighted by Gasteiger charge is -2.50. The minimum absolute atomic E-state index is 0.273.